The fraction of sp³-hybridized carbons (Fsp3) is 0. The number of nitrogens with two attached hydrogens (primary N) is 1. The molecule has 1 aromatic carbocycles. The zero-order valence-electron chi connectivity index (χ0n) is 8.52. The van der Waals surface area contributed by atoms with Crippen LogP contribution in [0, 0.1) is 20.2 Å². The molecule has 0 unspecified atom stereocenters. The van der Waals surface area contributed by atoms with Crippen molar-refractivity contribution in [3.05, 3.63) is 37.9 Å². The van der Waals surface area contributed by atoms with Crippen LogP contribution in [0.4, 0.5) is 17.1 Å². The van der Waals surface area contributed by atoms with Crippen LogP contribution in [0.2, 0.25) is 0 Å². The highest BCUT2D eigenvalue weighted by molar-refractivity contribution is 6.41. The van der Waals surface area contributed by atoms with Gasteiger partial charge in [-0.2, -0.15) is 0 Å². The van der Waals surface area contributed by atoms with Crippen LogP contribution in [-0.2, 0) is 4.79 Å². The van der Waals surface area contributed by atoms with Gasteiger partial charge in [-0.05, 0) is 0 Å². The normalized spacial score (nSPS) is 9.78. The van der Waals surface area contributed by atoms with Crippen LogP contribution in [0.15, 0.2) is 12.1 Å². The average molecular weight is 255 g/mol. The molecule has 0 atom stereocenters. The molecule has 94 valence electrons. The third-order valence-electron chi connectivity index (χ3n) is 1.99. The number of carbonyl (C=O) groups excluding carboxylic acids is 1. The first-order chi connectivity index (χ1) is 8.25. The highest BCUT2D eigenvalue weighted by atomic mass is 16.6. The number of hydrogen-bond donors (Lipinski definition) is 2. The van der Waals surface area contributed by atoms with Crippen LogP contribution in [0.5, 0.6) is 0 Å². The van der Waals surface area contributed by atoms with Crippen molar-refractivity contribution >= 4 is 28.8 Å². The first-order valence-electron chi connectivity index (χ1n) is 4.25. The topological polar surface area (TPSA) is 167 Å². The maximum absolute atomic E-state index is 11.2. The van der Waals surface area contributed by atoms with Gasteiger partial charge in [0.05, 0.1) is 21.5 Å². The van der Waals surface area contributed by atoms with Crippen molar-refractivity contribution in [2.24, 2.45) is 0 Å². The molecule has 0 radical (unpaired) electrons. The molecule has 10 heteroatoms. The van der Waals surface area contributed by atoms with Gasteiger partial charge in [0.1, 0.15) is 5.69 Å². The summed E-state index contributed by atoms with van der Waals surface area (Å²) in [6.07, 6.45) is 0. The fourth-order valence-corrected chi connectivity index (χ4v) is 1.18. The molecular weight excluding hydrogens is 250 g/mol. The summed E-state index contributed by atoms with van der Waals surface area (Å²) < 4.78 is 0. The lowest BCUT2D eigenvalue weighted by Crippen LogP contribution is -2.16. The number of hydrogen-bond acceptors (Lipinski definition) is 7. The Balaban J connectivity index is 3.60. The van der Waals surface area contributed by atoms with Crippen LogP contribution in [0.3, 0.4) is 0 Å². The zero-order valence-corrected chi connectivity index (χ0v) is 8.52. The smallest absolute Gasteiger partial charge is 0.377 e. The number of carbonyl (C=O) groups is 2. The molecule has 0 aliphatic carbocycles. The van der Waals surface area contributed by atoms with Crippen molar-refractivity contribution in [2.75, 3.05) is 5.73 Å². The maximum Gasteiger partial charge on any atom is 0.377 e. The first-order valence-corrected chi connectivity index (χ1v) is 4.25. The van der Waals surface area contributed by atoms with Crippen molar-refractivity contribution in [3.8, 4) is 0 Å². The number of nitro groups is 2. The number of carboxylic acids is 1. The van der Waals surface area contributed by atoms with Crippen LogP contribution in [0.25, 0.3) is 0 Å². The van der Waals surface area contributed by atoms with Gasteiger partial charge < -0.3 is 10.8 Å². The monoisotopic (exact) mass is 255 g/mol. The molecule has 0 bridgehead atoms. The van der Waals surface area contributed by atoms with Crippen LogP contribution in [0.1, 0.15) is 10.4 Å². The van der Waals surface area contributed by atoms with Crippen molar-refractivity contribution in [2.45, 2.75) is 0 Å². The Morgan fingerprint density at radius 1 is 1.17 bits per heavy atom. The van der Waals surface area contributed by atoms with Gasteiger partial charge in [0, 0.05) is 6.07 Å². The minimum atomic E-state index is -1.92. The lowest BCUT2D eigenvalue weighted by molar-refractivity contribution is -0.393. The van der Waals surface area contributed by atoms with E-state index in [1.807, 2.05) is 0 Å². The van der Waals surface area contributed by atoms with E-state index in [2.05, 4.69) is 0 Å². The van der Waals surface area contributed by atoms with E-state index in [1.165, 1.54) is 0 Å². The van der Waals surface area contributed by atoms with Crippen molar-refractivity contribution < 1.29 is 24.5 Å². The number of carboxylic acid groups (broad SMARTS) is 1. The van der Waals surface area contributed by atoms with Gasteiger partial charge in [-0.15, -0.1) is 0 Å². The van der Waals surface area contributed by atoms with E-state index >= 15 is 0 Å². The second kappa shape index (κ2) is 4.45. The highest BCUT2D eigenvalue weighted by Crippen LogP contribution is 2.31. The van der Waals surface area contributed by atoms with Gasteiger partial charge in [0.15, 0.2) is 0 Å². The molecule has 10 nitrogen and oxygen atoms in total. The predicted octanol–water partition coefficient (Wildman–Crippen LogP) is 0.352. The Hall–Kier alpha value is -3.04. The Kier molecular flexibility index (Phi) is 3.22. The molecule has 0 aliphatic rings. The number of rotatable bonds is 4. The number of Topliss-reactive ketones (excluding diaryl/α,β-unsaturated/α-hetero) is 1. The molecule has 0 heterocycles. The van der Waals surface area contributed by atoms with E-state index in [1.54, 1.807) is 0 Å². The summed E-state index contributed by atoms with van der Waals surface area (Å²) in [6, 6.07) is 1.13. The molecule has 0 fully saturated rings. The third-order valence-corrected chi connectivity index (χ3v) is 1.99. The fourth-order valence-electron chi connectivity index (χ4n) is 1.18. The number of nitrogens with zero attached hydrogens (tertiary/aromatic N) is 2. The molecule has 0 saturated heterocycles. The maximum atomic E-state index is 11.2. The van der Waals surface area contributed by atoms with Gasteiger partial charge in [-0.25, -0.2) is 4.79 Å². The Labute approximate surface area is 97.9 Å². The molecule has 0 amide bonds. The van der Waals surface area contributed by atoms with Gasteiger partial charge in [0.25, 0.3) is 17.2 Å². The molecule has 1 aromatic rings. The number of nitro benzene ring substituents is 2. The summed E-state index contributed by atoms with van der Waals surface area (Å²) in [5.74, 6) is -3.48. The third kappa shape index (κ3) is 2.21. The first kappa shape index (κ1) is 13.0. The van der Waals surface area contributed by atoms with Gasteiger partial charge in [-0.1, -0.05) is 0 Å². The number of benzene rings is 1. The van der Waals surface area contributed by atoms with E-state index in [-0.39, 0.29) is 0 Å². The van der Waals surface area contributed by atoms with Crippen molar-refractivity contribution in [1.29, 1.82) is 0 Å². The second-order valence-electron chi connectivity index (χ2n) is 3.07. The van der Waals surface area contributed by atoms with Crippen molar-refractivity contribution in [1.82, 2.24) is 0 Å². The SMILES string of the molecule is Nc1c(C(=O)C(=O)O)cc([N+](=O)[O-])cc1[N+](=O)[O-]. The number of non-ortho nitro benzene ring substituents is 1. The van der Waals surface area contributed by atoms with E-state index in [4.69, 9.17) is 10.8 Å². The number of ketones is 1. The summed E-state index contributed by atoms with van der Waals surface area (Å²) >= 11 is 0. The number of anilines is 1. The summed E-state index contributed by atoms with van der Waals surface area (Å²) in [7, 11) is 0. The molecule has 0 spiro atoms. The van der Waals surface area contributed by atoms with E-state index in [0.717, 1.165) is 0 Å². The minimum absolute atomic E-state index is 0.550. The molecule has 3 N–H and O–H groups in total. The zero-order chi connectivity index (χ0) is 14.0. The summed E-state index contributed by atoms with van der Waals surface area (Å²) in [5, 5.41) is 29.6. The summed E-state index contributed by atoms with van der Waals surface area (Å²) in [5.41, 5.74) is 2.05. The van der Waals surface area contributed by atoms with Gasteiger partial charge in [0.2, 0.25) is 0 Å². The molecule has 0 saturated carbocycles. The molecular formula is C8H5N3O7. The Morgan fingerprint density at radius 2 is 1.72 bits per heavy atom. The van der Waals surface area contributed by atoms with Gasteiger partial charge >= 0.3 is 5.97 Å². The van der Waals surface area contributed by atoms with Crippen LogP contribution in [-0.4, -0.2) is 26.7 Å². The Bertz CT molecular complexity index is 580. The van der Waals surface area contributed by atoms with Crippen molar-refractivity contribution in [3.63, 3.8) is 0 Å². The summed E-state index contributed by atoms with van der Waals surface area (Å²) in [4.78, 5) is 40.7. The molecule has 1 rings (SSSR count). The minimum Gasteiger partial charge on any atom is -0.475 e. The quantitative estimate of drug-likeness (QED) is 0.255. The van der Waals surface area contributed by atoms with E-state index < -0.39 is 44.2 Å². The average Bonchev–Trinajstić information content (AvgIpc) is 2.27. The van der Waals surface area contributed by atoms with Crippen LogP contribution >= 0.6 is 0 Å². The standard InChI is InChI=1S/C8H5N3O7/c9-6-4(7(12)8(13)14)1-3(10(15)16)2-5(6)11(17)18/h1-2H,9H2,(H,13,14). The Morgan fingerprint density at radius 3 is 2.11 bits per heavy atom. The second-order valence-corrected chi connectivity index (χ2v) is 3.07. The predicted molar refractivity (Wildman–Crippen MR) is 56.1 cm³/mol. The van der Waals surface area contributed by atoms with E-state index in [9.17, 15) is 29.8 Å². The lowest BCUT2D eigenvalue weighted by atomic mass is 10.1. The largest absolute Gasteiger partial charge is 0.475 e. The summed E-state index contributed by atoms with van der Waals surface area (Å²) in [6.45, 7) is 0. The van der Waals surface area contributed by atoms with E-state index in [0.29, 0.717) is 12.1 Å². The molecule has 18 heavy (non-hydrogen) atoms. The molecule has 0 aliphatic heterocycles. The number of aliphatic carboxylic acids is 1. The van der Waals surface area contributed by atoms with Gasteiger partial charge in [-0.3, -0.25) is 25.0 Å². The highest BCUT2D eigenvalue weighted by Gasteiger charge is 2.28. The molecule has 0 aromatic heterocycles. The number of nitrogen functional groups attached to an aromatic ring is 1. The lowest BCUT2D eigenvalue weighted by Gasteiger charge is -2.02. The van der Waals surface area contributed by atoms with Crippen LogP contribution < -0.4 is 5.73 Å².